The number of benzene rings is 1. The van der Waals surface area contributed by atoms with Gasteiger partial charge in [0, 0.05) is 12.6 Å². The molecule has 2 nitrogen and oxygen atoms in total. The summed E-state index contributed by atoms with van der Waals surface area (Å²) in [5.41, 5.74) is 0.698. The van der Waals surface area contributed by atoms with Gasteiger partial charge in [0.15, 0.2) is 0 Å². The van der Waals surface area contributed by atoms with E-state index in [-0.39, 0.29) is 11.4 Å². The smallest absolute Gasteiger partial charge is 0.147 e. The first kappa shape index (κ1) is 11.2. The number of anilines is 1. The van der Waals surface area contributed by atoms with Crippen LogP contribution in [0.4, 0.5) is 10.1 Å². The van der Waals surface area contributed by atoms with Crippen molar-refractivity contribution in [2.75, 3.05) is 11.4 Å². The first-order chi connectivity index (χ1) is 7.63. The van der Waals surface area contributed by atoms with E-state index >= 15 is 0 Å². The third kappa shape index (κ3) is 1.85. The van der Waals surface area contributed by atoms with Crippen molar-refractivity contribution in [2.24, 2.45) is 0 Å². The molecule has 0 aliphatic carbocycles. The molecular weight excluding hydrogens is 227 g/mol. The Kier molecular flexibility index (Phi) is 3.02. The highest BCUT2D eigenvalue weighted by Crippen LogP contribution is 2.31. The minimum atomic E-state index is -0.366. The molecule has 1 fully saturated rings. The molecule has 0 spiro atoms. The van der Waals surface area contributed by atoms with E-state index in [0.717, 1.165) is 19.4 Å². The maximum atomic E-state index is 13.8. The van der Waals surface area contributed by atoms with Gasteiger partial charge in [0.1, 0.15) is 11.9 Å². The van der Waals surface area contributed by atoms with Crippen LogP contribution in [0.3, 0.4) is 0 Å². The maximum Gasteiger partial charge on any atom is 0.147 e. The fraction of sp³-hybridized carbons (Fsp3) is 0.417. The monoisotopic (exact) mass is 238 g/mol. The van der Waals surface area contributed by atoms with Crippen molar-refractivity contribution >= 4 is 17.3 Å². The zero-order chi connectivity index (χ0) is 11.7. The molecule has 16 heavy (non-hydrogen) atoms. The second kappa shape index (κ2) is 4.31. The van der Waals surface area contributed by atoms with Crippen LogP contribution in [0, 0.1) is 17.1 Å². The number of rotatable bonds is 1. The van der Waals surface area contributed by atoms with Crippen LogP contribution >= 0.6 is 11.6 Å². The Morgan fingerprint density at radius 1 is 1.56 bits per heavy atom. The highest BCUT2D eigenvalue weighted by Gasteiger charge is 2.23. The van der Waals surface area contributed by atoms with Crippen LogP contribution in [0.15, 0.2) is 12.1 Å². The fourth-order valence-corrected chi connectivity index (χ4v) is 2.33. The van der Waals surface area contributed by atoms with Gasteiger partial charge in [-0.3, -0.25) is 0 Å². The molecule has 2 rings (SSSR count). The predicted octanol–water partition coefficient (Wildman–Crippen LogP) is 3.34. The Bertz CT molecular complexity index is 453. The lowest BCUT2D eigenvalue weighted by molar-refractivity contribution is 0.613. The van der Waals surface area contributed by atoms with Gasteiger partial charge in [-0.25, -0.2) is 4.39 Å². The van der Waals surface area contributed by atoms with E-state index in [9.17, 15) is 4.39 Å². The Morgan fingerprint density at radius 3 is 2.88 bits per heavy atom. The van der Waals surface area contributed by atoms with Gasteiger partial charge < -0.3 is 4.90 Å². The third-order valence-electron chi connectivity index (χ3n) is 3.02. The number of hydrogen-bond donors (Lipinski definition) is 0. The first-order valence-corrected chi connectivity index (χ1v) is 5.67. The van der Waals surface area contributed by atoms with Gasteiger partial charge in [0.25, 0.3) is 0 Å². The van der Waals surface area contributed by atoms with Crippen molar-refractivity contribution in [2.45, 2.75) is 25.8 Å². The quantitative estimate of drug-likeness (QED) is 0.750. The largest absolute Gasteiger partial charge is 0.366 e. The summed E-state index contributed by atoms with van der Waals surface area (Å²) in [5, 5.41) is 9.05. The van der Waals surface area contributed by atoms with Crippen LogP contribution < -0.4 is 4.90 Å². The number of nitrogens with zero attached hydrogens (tertiary/aromatic N) is 2. The molecule has 0 aromatic heterocycles. The Hall–Kier alpha value is -1.27. The normalized spacial score (nSPS) is 19.9. The molecule has 1 atom stereocenters. The molecule has 1 aromatic carbocycles. The summed E-state index contributed by atoms with van der Waals surface area (Å²) in [7, 11) is 0. The lowest BCUT2D eigenvalue weighted by atomic mass is 10.2. The summed E-state index contributed by atoms with van der Waals surface area (Å²) >= 11 is 5.91. The SMILES string of the molecule is C[C@H]1CCCN1c1cc(Cl)c(C#N)cc1F. The second-order valence-corrected chi connectivity index (χ2v) is 4.49. The molecule has 1 aliphatic rings. The van der Waals surface area contributed by atoms with E-state index in [1.54, 1.807) is 6.07 Å². The first-order valence-electron chi connectivity index (χ1n) is 5.29. The maximum absolute atomic E-state index is 13.8. The Balaban J connectivity index is 2.42. The molecule has 0 radical (unpaired) electrons. The van der Waals surface area contributed by atoms with Gasteiger partial charge in [0.05, 0.1) is 16.3 Å². The number of halogens is 2. The minimum absolute atomic E-state index is 0.190. The van der Waals surface area contributed by atoms with Crippen molar-refractivity contribution < 1.29 is 4.39 Å². The van der Waals surface area contributed by atoms with Gasteiger partial charge in [0.2, 0.25) is 0 Å². The number of hydrogen-bond acceptors (Lipinski definition) is 2. The fourth-order valence-electron chi connectivity index (χ4n) is 2.13. The van der Waals surface area contributed by atoms with E-state index in [1.807, 2.05) is 11.0 Å². The molecule has 1 saturated heterocycles. The van der Waals surface area contributed by atoms with Crippen LogP contribution in [-0.4, -0.2) is 12.6 Å². The summed E-state index contributed by atoms with van der Waals surface area (Å²) in [6.45, 7) is 2.92. The minimum Gasteiger partial charge on any atom is -0.366 e. The second-order valence-electron chi connectivity index (χ2n) is 4.08. The molecule has 1 aromatic rings. The molecule has 1 heterocycles. The highest BCUT2D eigenvalue weighted by atomic mass is 35.5. The van der Waals surface area contributed by atoms with Crippen molar-refractivity contribution in [1.29, 1.82) is 5.26 Å². The topological polar surface area (TPSA) is 27.0 Å². The van der Waals surface area contributed by atoms with E-state index < -0.39 is 0 Å². The van der Waals surface area contributed by atoms with Crippen molar-refractivity contribution in [3.05, 3.63) is 28.5 Å². The van der Waals surface area contributed by atoms with Crippen LogP contribution in [-0.2, 0) is 0 Å². The van der Waals surface area contributed by atoms with Crippen molar-refractivity contribution in [1.82, 2.24) is 0 Å². The van der Waals surface area contributed by atoms with Crippen molar-refractivity contribution in [3.63, 3.8) is 0 Å². The molecule has 0 unspecified atom stereocenters. The molecule has 0 amide bonds. The van der Waals surface area contributed by atoms with Crippen LogP contribution in [0.2, 0.25) is 5.02 Å². The summed E-state index contributed by atoms with van der Waals surface area (Å²) in [6.07, 6.45) is 2.13. The Labute approximate surface area is 99.2 Å². The van der Waals surface area contributed by atoms with Gasteiger partial charge in [-0.1, -0.05) is 11.6 Å². The van der Waals surface area contributed by atoms with Crippen molar-refractivity contribution in [3.8, 4) is 6.07 Å². The summed E-state index contributed by atoms with van der Waals surface area (Å²) < 4.78 is 13.8. The summed E-state index contributed by atoms with van der Waals surface area (Å²) in [5.74, 6) is -0.366. The average Bonchev–Trinajstić information content (AvgIpc) is 2.67. The molecule has 0 bridgehead atoms. The zero-order valence-electron chi connectivity index (χ0n) is 9.00. The molecular formula is C12H12ClFN2. The predicted molar refractivity (Wildman–Crippen MR) is 62.2 cm³/mol. The third-order valence-corrected chi connectivity index (χ3v) is 3.33. The highest BCUT2D eigenvalue weighted by molar-refractivity contribution is 6.32. The molecule has 84 valence electrons. The molecule has 4 heteroatoms. The Morgan fingerprint density at radius 2 is 2.31 bits per heavy atom. The lowest BCUT2D eigenvalue weighted by Crippen LogP contribution is -2.27. The van der Waals surface area contributed by atoms with Gasteiger partial charge in [-0.15, -0.1) is 0 Å². The van der Waals surface area contributed by atoms with Crippen LogP contribution in [0.25, 0.3) is 0 Å². The van der Waals surface area contributed by atoms with Crippen LogP contribution in [0.1, 0.15) is 25.3 Å². The van der Waals surface area contributed by atoms with E-state index in [4.69, 9.17) is 16.9 Å². The molecule has 0 saturated carbocycles. The average molecular weight is 239 g/mol. The molecule has 1 aliphatic heterocycles. The van der Waals surface area contributed by atoms with Gasteiger partial charge >= 0.3 is 0 Å². The van der Waals surface area contributed by atoms with E-state index in [2.05, 4.69) is 6.92 Å². The van der Waals surface area contributed by atoms with E-state index in [1.165, 1.54) is 6.07 Å². The number of nitriles is 1. The van der Waals surface area contributed by atoms with E-state index in [0.29, 0.717) is 16.8 Å². The zero-order valence-corrected chi connectivity index (χ0v) is 9.76. The standard InChI is InChI=1S/C12H12ClFN2/c1-8-3-2-4-16(8)12-6-10(13)9(7-15)5-11(12)14/h5-6,8H,2-4H2,1H3/t8-/m0/s1. The lowest BCUT2D eigenvalue weighted by Gasteiger charge is -2.24. The summed E-state index contributed by atoms with van der Waals surface area (Å²) in [6, 6.07) is 4.97. The van der Waals surface area contributed by atoms with Gasteiger partial charge in [-0.2, -0.15) is 5.26 Å². The van der Waals surface area contributed by atoms with Crippen LogP contribution in [0.5, 0.6) is 0 Å². The summed E-state index contributed by atoms with van der Waals surface area (Å²) in [4.78, 5) is 2.00. The molecule has 0 N–H and O–H groups in total. The van der Waals surface area contributed by atoms with Gasteiger partial charge in [-0.05, 0) is 31.9 Å².